The second-order valence-corrected chi connectivity index (χ2v) is 12.2. The minimum Gasteiger partial charge on any atom is -0.378 e. The van der Waals surface area contributed by atoms with Gasteiger partial charge in [-0.15, -0.1) is 0 Å². The Bertz CT molecular complexity index is 1710. The standard InChI is InChI=1S/C34H32ClN3O3/c35-27-10-3-9-26(19-27)34(14-15-34)33-36-29-11-4-16-38(20-28(29)31(40)37-33)32(41)30(39)25-8-2-7-24(18-25)23-6-1-5-22(17-23)21-12-13-21/h1-3,5-10,17-19,21,30,39H,4,11-16,20H2,(H,36,37,40)/t30-/m1/s1. The van der Waals surface area contributed by atoms with Crippen LogP contribution >= 0.6 is 11.6 Å². The lowest BCUT2D eigenvalue weighted by atomic mass is 9.94. The van der Waals surface area contributed by atoms with Crippen molar-refractivity contribution in [2.24, 2.45) is 0 Å². The minimum atomic E-state index is -1.31. The molecule has 208 valence electrons. The van der Waals surface area contributed by atoms with E-state index in [1.165, 1.54) is 18.4 Å². The first-order chi connectivity index (χ1) is 19.9. The predicted octanol–water partition coefficient (Wildman–Crippen LogP) is 6.06. The van der Waals surface area contributed by atoms with Crippen LogP contribution in [0.4, 0.5) is 0 Å². The van der Waals surface area contributed by atoms with E-state index in [0.717, 1.165) is 35.2 Å². The molecule has 4 aromatic rings. The van der Waals surface area contributed by atoms with Crippen molar-refractivity contribution in [2.75, 3.05) is 6.54 Å². The summed E-state index contributed by atoms with van der Waals surface area (Å²) in [6.07, 6.45) is 4.22. The van der Waals surface area contributed by atoms with Gasteiger partial charge >= 0.3 is 0 Å². The van der Waals surface area contributed by atoms with E-state index in [1.807, 2.05) is 42.5 Å². The van der Waals surface area contributed by atoms with Gasteiger partial charge in [0, 0.05) is 11.6 Å². The molecule has 2 aliphatic carbocycles. The molecule has 1 amide bonds. The quantitative estimate of drug-likeness (QED) is 0.298. The third kappa shape index (κ3) is 5.00. The first-order valence-corrected chi connectivity index (χ1v) is 14.8. The maximum absolute atomic E-state index is 13.6. The summed E-state index contributed by atoms with van der Waals surface area (Å²) >= 11 is 6.26. The van der Waals surface area contributed by atoms with Gasteiger partial charge in [-0.05, 0) is 90.5 Å². The number of nitrogens with zero attached hydrogens (tertiary/aromatic N) is 2. The van der Waals surface area contributed by atoms with Gasteiger partial charge in [0.05, 0.1) is 23.2 Å². The van der Waals surface area contributed by atoms with Gasteiger partial charge < -0.3 is 15.0 Å². The first kappa shape index (κ1) is 26.2. The number of hydrogen-bond donors (Lipinski definition) is 2. The van der Waals surface area contributed by atoms with Gasteiger partial charge in [0.2, 0.25) is 0 Å². The third-order valence-corrected chi connectivity index (χ3v) is 9.12. The van der Waals surface area contributed by atoms with Crippen molar-refractivity contribution in [3.8, 4) is 11.1 Å². The number of aliphatic hydroxyl groups is 1. The molecule has 1 atom stereocenters. The molecule has 7 rings (SSSR count). The second-order valence-electron chi connectivity index (χ2n) is 11.7. The van der Waals surface area contributed by atoms with Crippen LogP contribution < -0.4 is 5.56 Å². The van der Waals surface area contributed by atoms with Crippen LogP contribution in [0.25, 0.3) is 11.1 Å². The fraction of sp³-hybridized carbons (Fsp3) is 0.324. The van der Waals surface area contributed by atoms with Crippen molar-refractivity contribution < 1.29 is 9.90 Å². The van der Waals surface area contributed by atoms with Gasteiger partial charge in [-0.3, -0.25) is 9.59 Å². The number of aliphatic hydroxyl groups excluding tert-OH is 1. The Balaban J connectivity index is 1.12. The number of carbonyl (C=O) groups excluding carboxylic acids is 1. The lowest BCUT2D eigenvalue weighted by molar-refractivity contribution is -0.141. The number of carbonyl (C=O) groups is 1. The molecule has 1 aromatic heterocycles. The Hall–Kier alpha value is -3.74. The Morgan fingerprint density at radius 2 is 1.78 bits per heavy atom. The van der Waals surface area contributed by atoms with Crippen LogP contribution in [0.1, 0.15) is 77.9 Å². The number of benzene rings is 3. The van der Waals surface area contributed by atoms with Crippen molar-refractivity contribution >= 4 is 17.5 Å². The van der Waals surface area contributed by atoms with Gasteiger partial charge in [0.15, 0.2) is 6.10 Å². The molecule has 6 nitrogen and oxygen atoms in total. The van der Waals surface area contributed by atoms with Crippen LogP contribution in [0.2, 0.25) is 5.02 Å². The second kappa shape index (κ2) is 10.3. The number of hydrogen-bond acceptors (Lipinski definition) is 4. The molecule has 1 aliphatic heterocycles. The van der Waals surface area contributed by atoms with Gasteiger partial charge in [-0.2, -0.15) is 0 Å². The van der Waals surface area contributed by atoms with Crippen LogP contribution in [0.15, 0.2) is 77.6 Å². The number of amides is 1. The summed E-state index contributed by atoms with van der Waals surface area (Å²) in [6, 6.07) is 23.8. The van der Waals surface area contributed by atoms with Crippen LogP contribution in [-0.4, -0.2) is 32.4 Å². The smallest absolute Gasteiger partial charge is 0.256 e. The number of nitrogens with one attached hydrogen (secondary N) is 1. The van der Waals surface area contributed by atoms with Crippen molar-refractivity contribution in [1.29, 1.82) is 0 Å². The topological polar surface area (TPSA) is 86.3 Å². The molecule has 2 N–H and O–H groups in total. The van der Waals surface area contributed by atoms with Crippen LogP contribution in [0.3, 0.4) is 0 Å². The highest BCUT2D eigenvalue weighted by Crippen LogP contribution is 2.52. The molecule has 3 aliphatic rings. The summed E-state index contributed by atoms with van der Waals surface area (Å²) in [4.78, 5) is 36.5. The van der Waals surface area contributed by atoms with E-state index in [0.29, 0.717) is 47.3 Å². The number of aromatic nitrogens is 2. The largest absolute Gasteiger partial charge is 0.378 e. The molecule has 0 radical (unpaired) electrons. The molecule has 2 heterocycles. The Kier molecular flexibility index (Phi) is 6.56. The van der Waals surface area contributed by atoms with Gasteiger partial charge in [0.25, 0.3) is 11.5 Å². The fourth-order valence-corrected chi connectivity index (χ4v) is 6.39. The molecule has 0 unspecified atom stereocenters. The number of fused-ring (bicyclic) bond motifs is 1. The number of aryl methyl sites for hydroxylation is 1. The van der Waals surface area contributed by atoms with Crippen LogP contribution in [-0.2, 0) is 23.2 Å². The average Bonchev–Trinajstić information content (AvgIpc) is 3.90. The third-order valence-electron chi connectivity index (χ3n) is 8.89. The molecule has 7 heteroatoms. The van der Waals surface area contributed by atoms with E-state index >= 15 is 0 Å². The summed E-state index contributed by atoms with van der Waals surface area (Å²) < 4.78 is 0. The minimum absolute atomic E-state index is 0.126. The molecule has 41 heavy (non-hydrogen) atoms. The van der Waals surface area contributed by atoms with Crippen molar-refractivity contribution in [1.82, 2.24) is 14.9 Å². The molecule has 2 fully saturated rings. The molecular formula is C34H32ClN3O3. The predicted molar refractivity (Wildman–Crippen MR) is 159 cm³/mol. The molecular weight excluding hydrogens is 534 g/mol. The molecule has 3 aromatic carbocycles. The lowest BCUT2D eigenvalue weighted by Gasteiger charge is -2.24. The zero-order chi connectivity index (χ0) is 28.1. The average molecular weight is 566 g/mol. The number of rotatable bonds is 6. The van der Waals surface area contributed by atoms with E-state index in [2.05, 4.69) is 29.2 Å². The van der Waals surface area contributed by atoms with E-state index in [-0.39, 0.29) is 17.5 Å². The zero-order valence-electron chi connectivity index (χ0n) is 22.8. The SMILES string of the molecule is O=C([C@H](O)c1cccc(-c2cccc(C3CC3)c2)c1)N1CCCc2nc(C3(c4cccc(Cl)c4)CC3)[nH]c(=O)c2C1. The molecule has 2 saturated carbocycles. The van der Waals surface area contributed by atoms with Crippen LogP contribution in [0.5, 0.6) is 0 Å². The van der Waals surface area contributed by atoms with E-state index in [4.69, 9.17) is 16.6 Å². The normalized spacial score (nSPS) is 18.3. The summed E-state index contributed by atoms with van der Waals surface area (Å²) in [5.74, 6) is 0.922. The van der Waals surface area contributed by atoms with Gasteiger partial charge in [0.1, 0.15) is 5.82 Å². The summed E-state index contributed by atoms with van der Waals surface area (Å²) in [5.41, 5.74) is 5.70. The van der Waals surface area contributed by atoms with Gasteiger partial charge in [-0.1, -0.05) is 66.2 Å². The van der Waals surface area contributed by atoms with Crippen molar-refractivity contribution in [2.45, 2.75) is 62.5 Å². The maximum Gasteiger partial charge on any atom is 0.256 e. The Morgan fingerprint density at radius 1 is 1.02 bits per heavy atom. The maximum atomic E-state index is 13.6. The lowest BCUT2D eigenvalue weighted by Crippen LogP contribution is -2.36. The van der Waals surface area contributed by atoms with Crippen LogP contribution in [0, 0.1) is 0 Å². The van der Waals surface area contributed by atoms with Gasteiger partial charge in [-0.25, -0.2) is 4.98 Å². The Morgan fingerprint density at radius 3 is 2.54 bits per heavy atom. The monoisotopic (exact) mass is 565 g/mol. The zero-order valence-corrected chi connectivity index (χ0v) is 23.5. The molecule has 0 bridgehead atoms. The van der Waals surface area contributed by atoms with Crippen molar-refractivity contribution in [3.63, 3.8) is 0 Å². The Labute approximate surface area is 244 Å². The summed E-state index contributed by atoms with van der Waals surface area (Å²) in [7, 11) is 0. The van der Waals surface area contributed by atoms with E-state index in [1.54, 1.807) is 11.0 Å². The molecule has 0 spiro atoms. The number of aromatic amines is 1. The summed E-state index contributed by atoms with van der Waals surface area (Å²) in [5, 5.41) is 11.8. The fourth-order valence-electron chi connectivity index (χ4n) is 6.20. The number of halogens is 1. The highest BCUT2D eigenvalue weighted by molar-refractivity contribution is 6.30. The highest BCUT2D eigenvalue weighted by atomic mass is 35.5. The van der Waals surface area contributed by atoms with E-state index in [9.17, 15) is 14.7 Å². The van der Waals surface area contributed by atoms with Crippen molar-refractivity contribution in [3.05, 3.63) is 122 Å². The summed E-state index contributed by atoms with van der Waals surface area (Å²) in [6.45, 7) is 0.574. The number of H-pyrrole nitrogens is 1. The van der Waals surface area contributed by atoms with E-state index < -0.39 is 12.0 Å². The highest BCUT2D eigenvalue weighted by Gasteiger charge is 2.49. The first-order valence-electron chi connectivity index (χ1n) is 14.5. The molecule has 0 saturated heterocycles.